The topological polar surface area (TPSA) is 111 Å². The van der Waals surface area contributed by atoms with Crippen LogP contribution in [0.2, 0.25) is 0 Å². The number of amides is 1. The number of non-ortho nitro benzene ring substituents is 1. The van der Waals surface area contributed by atoms with Gasteiger partial charge in [-0.2, -0.15) is 0 Å². The molecule has 22 heavy (non-hydrogen) atoms. The normalized spacial score (nSPS) is 10.6. The molecule has 3 aromatic rings. The van der Waals surface area contributed by atoms with E-state index in [1.54, 1.807) is 13.0 Å². The third kappa shape index (κ3) is 2.74. The van der Waals surface area contributed by atoms with Crippen LogP contribution in [0.25, 0.3) is 10.2 Å². The van der Waals surface area contributed by atoms with Crippen molar-refractivity contribution in [3.63, 3.8) is 0 Å². The smallest absolute Gasteiger partial charge is 0.277 e. The number of nitrogens with zero attached hydrogens (tertiary/aromatic N) is 4. The molecule has 8 nitrogen and oxygen atoms in total. The van der Waals surface area contributed by atoms with Gasteiger partial charge in [-0.3, -0.25) is 25.2 Å². The third-order valence-electron chi connectivity index (χ3n) is 2.82. The molecule has 0 fully saturated rings. The SMILES string of the molecule is Cc1cnc(C(=O)Nc2nc3ccc([N+](=O)[O-])cc3s2)cn1. The van der Waals surface area contributed by atoms with Crippen LogP contribution in [0.3, 0.4) is 0 Å². The summed E-state index contributed by atoms with van der Waals surface area (Å²) in [4.78, 5) is 34.5. The number of nitrogens with one attached hydrogen (secondary N) is 1. The van der Waals surface area contributed by atoms with Crippen molar-refractivity contribution in [1.29, 1.82) is 0 Å². The number of nitro benzene ring substituents is 1. The van der Waals surface area contributed by atoms with Crippen molar-refractivity contribution in [2.75, 3.05) is 5.32 Å². The van der Waals surface area contributed by atoms with E-state index in [2.05, 4.69) is 20.3 Å². The number of benzene rings is 1. The van der Waals surface area contributed by atoms with Crippen LogP contribution in [-0.2, 0) is 0 Å². The molecule has 0 spiro atoms. The van der Waals surface area contributed by atoms with Crippen molar-refractivity contribution in [3.8, 4) is 0 Å². The molecule has 2 aromatic heterocycles. The Morgan fingerprint density at radius 2 is 2.14 bits per heavy atom. The van der Waals surface area contributed by atoms with Gasteiger partial charge in [0.25, 0.3) is 11.6 Å². The van der Waals surface area contributed by atoms with E-state index >= 15 is 0 Å². The minimum atomic E-state index is -0.473. The van der Waals surface area contributed by atoms with E-state index in [0.717, 1.165) is 11.3 Å². The van der Waals surface area contributed by atoms with Gasteiger partial charge in [0.05, 0.1) is 27.0 Å². The van der Waals surface area contributed by atoms with E-state index in [0.29, 0.717) is 21.0 Å². The number of anilines is 1. The fourth-order valence-electron chi connectivity index (χ4n) is 1.75. The zero-order chi connectivity index (χ0) is 15.7. The number of hydrogen-bond acceptors (Lipinski definition) is 7. The standard InChI is InChI=1S/C13H9N5O3S/c1-7-5-15-10(6-14-7)12(19)17-13-16-9-3-2-8(18(20)21)4-11(9)22-13/h2-6H,1H3,(H,16,17,19). The minimum absolute atomic E-state index is 0.0153. The first-order valence-corrected chi connectivity index (χ1v) is 6.99. The molecule has 0 aliphatic rings. The summed E-state index contributed by atoms with van der Waals surface area (Å²) in [7, 11) is 0. The summed E-state index contributed by atoms with van der Waals surface area (Å²) < 4.78 is 0.625. The van der Waals surface area contributed by atoms with Gasteiger partial charge in [-0.15, -0.1) is 0 Å². The first kappa shape index (κ1) is 14.0. The molecular formula is C13H9N5O3S. The fourth-order valence-corrected chi connectivity index (χ4v) is 2.65. The Bertz CT molecular complexity index is 875. The van der Waals surface area contributed by atoms with Crippen LogP contribution in [0.1, 0.15) is 16.2 Å². The van der Waals surface area contributed by atoms with Crippen LogP contribution in [0.15, 0.2) is 30.6 Å². The second-order valence-electron chi connectivity index (χ2n) is 4.43. The van der Waals surface area contributed by atoms with Gasteiger partial charge in [0.1, 0.15) is 5.69 Å². The molecule has 3 rings (SSSR count). The molecule has 0 aliphatic heterocycles. The summed E-state index contributed by atoms with van der Waals surface area (Å²) in [5.74, 6) is -0.430. The molecule has 1 amide bonds. The number of aromatic nitrogens is 3. The number of carbonyl (C=O) groups excluding carboxylic acids is 1. The van der Waals surface area contributed by atoms with E-state index in [9.17, 15) is 14.9 Å². The monoisotopic (exact) mass is 315 g/mol. The van der Waals surface area contributed by atoms with Crippen molar-refractivity contribution in [1.82, 2.24) is 15.0 Å². The molecule has 9 heteroatoms. The molecule has 2 heterocycles. The average molecular weight is 315 g/mol. The van der Waals surface area contributed by atoms with E-state index in [1.165, 1.54) is 24.5 Å². The van der Waals surface area contributed by atoms with Crippen molar-refractivity contribution in [2.45, 2.75) is 6.92 Å². The Hall–Kier alpha value is -2.94. The summed E-state index contributed by atoms with van der Waals surface area (Å²) in [6, 6.07) is 4.35. The number of rotatable bonds is 3. The van der Waals surface area contributed by atoms with Crippen LogP contribution in [0, 0.1) is 17.0 Å². The second kappa shape index (κ2) is 5.45. The largest absolute Gasteiger partial charge is 0.296 e. The van der Waals surface area contributed by atoms with Gasteiger partial charge >= 0.3 is 0 Å². The average Bonchev–Trinajstić information content (AvgIpc) is 2.88. The lowest BCUT2D eigenvalue weighted by atomic mass is 10.3. The number of fused-ring (bicyclic) bond motifs is 1. The number of nitro groups is 1. The van der Waals surface area contributed by atoms with Crippen molar-refractivity contribution >= 4 is 38.3 Å². The summed E-state index contributed by atoms with van der Waals surface area (Å²) in [5, 5.41) is 13.7. The lowest BCUT2D eigenvalue weighted by molar-refractivity contribution is -0.384. The Morgan fingerprint density at radius 1 is 1.32 bits per heavy atom. The highest BCUT2D eigenvalue weighted by atomic mass is 32.1. The van der Waals surface area contributed by atoms with E-state index in [4.69, 9.17) is 0 Å². The highest BCUT2D eigenvalue weighted by Crippen LogP contribution is 2.29. The van der Waals surface area contributed by atoms with Crippen LogP contribution in [0.5, 0.6) is 0 Å². The summed E-state index contributed by atoms with van der Waals surface area (Å²) >= 11 is 1.16. The maximum Gasteiger partial charge on any atom is 0.277 e. The fraction of sp³-hybridized carbons (Fsp3) is 0.0769. The molecule has 0 radical (unpaired) electrons. The molecule has 0 atom stereocenters. The lowest BCUT2D eigenvalue weighted by Crippen LogP contribution is -2.13. The van der Waals surface area contributed by atoms with Crippen molar-refractivity contribution in [2.24, 2.45) is 0 Å². The van der Waals surface area contributed by atoms with Gasteiger partial charge in [0.15, 0.2) is 5.13 Å². The maximum atomic E-state index is 12.0. The molecule has 0 saturated heterocycles. The summed E-state index contributed by atoms with van der Waals surface area (Å²) in [6.45, 7) is 1.77. The quantitative estimate of drug-likeness (QED) is 0.587. The van der Waals surface area contributed by atoms with Crippen LogP contribution in [-0.4, -0.2) is 25.8 Å². The van der Waals surface area contributed by atoms with Crippen LogP contribution >= 0.6 is 11.3 Å². The molecular weight excluding hydrogens is 306 g/mol. The Kier molecular flexibility index (Phi) is 3.47. The van der Waals surface area contributed by atoms with Gasteiger partial charge in [-0.1, -0.05) is 11.3 Å². The number of hydrogen-bond donors (Lipinski definition) is 1. The minimum Gasteiger partial charge on any atom is -0.296 e. The molecule has 1 aromatic carbocycles. The third-order valence-corrected chi connectivity index (χ3v) is 3.75. The molecule has 110 valence electrons. The Balaban J connectivity index is 1.86. The maximum absolute atomic E-state index is 12.0. The Morgan fingerprint density at radius 3 is 2.82 bits per heavy atom. The number of aryl methyl sites for hydroxylation is 1. The predicted molar refractivity (Wildman–Crippen MR) is 81.0 cm³/mol. The zero-order valence-electron chi connectivity index (χ0n) is 11.3. The van der Waals surface area contributed by atoms with Gasteiger partial charge in [0, 0.05) is 18.3 Å². The van der Waals surface area contributed by atoms with Gasteiger partial charge in [-0.25, -0.2) is 9.97 Å². The summed E-state index contributed by atoms with van der Waals surface area (Å²) in [5.41, 5.74) is 1.46. The molecule has 0 aliphatic carbocycles. The second-order valence-corrected chi connectivity index (χ2v) is 5.46. The van der Waals surface area contributed by atoms with Crippen molar-refractivity contribution < 1.29 is 9.72 Å². The van der Waals surface area contributed by atoms with Crippen LogP contribution in [0.4, 0.5) is 10.8 Å². The summed E-state index contributed by atoms with van der Waals surface area (Å²) in [6.07, 6.45) is 2.87. The molecule has 0 bridgehead atoms. The van der Waals surface area contributed by atoms with Gasteiger partial charge in [0.2, 0.25) is 0 Å². The van der Waals surface area contributed by atoms with E-state index < -0.39 is 10.8 Å². The molecule has 1 N–H and O–H groups in total. The van der Waals surface area contributed by atoms with Gasteiger partial charge in [-0.05, 0) is 13.0 Å². The zero-order valence-corrected chi connectivity index (χ0v) is 12.1. The first-order chi connectivity index (χ1) is 10.5. The molecule has 0 saturated carbocycles. The predicted octanol–water partition coefficient (Wildman–Crippen LogP) is 2.56. The van der Waals surface area contributed by atoms with E-state index in [1.807, 2.05) is 0 Å². The lowest BCUT2D eigenvalue weighted by Gasteiger charge is -2.00. The van der Waals surface area contributed by atoms with Crippen molar-refractivity contribution in [3.05, 3.63) is 52.1 Å². The van der Waals surface area contributed by atoms with E-state index in [-0.39, 0.29) is 11.4 Å². The van der Waals surface area contributed by atoms with Crippen LogP contribution < -0.4 is 5.32 Å². The Labute approximate surface area is 128 Å². The highest BCUT2D eigenvalue weighted by molar-refractivity contribution is 7.22. The number of carbonyl (C=O) groups is 1. The first-order valence-electron chi connectivity index (χ1n) is 6.18. The number of thiazole rings is 1. The van der Waals surface area contributed by atoms with Gasteiger partial charge < -0.3 is 0 Å². The highest BCUT2D eigenvalue weighted by Gasteiger charge is 2.13. The molecule has 0 unspecified atom stereocenters.